The molecule has 0 aliphatic rings. The predicted octanol–water partition coefficient (Wildman–Crippen LogP) is 1.75. The van der Waals surface area contributed by atoms with Gasteiger partial charge in [-0.25, -0.2) is 14.8 Å². The Morgan fingerprint density at radius 1 is 1.32 bits per heavy atom. The Bertz CT molecular complexity index is 449. The summed E-state index contributed by atoms with van der Waals surface area (Å²) in [7, 11) is 1.81. The standard InChI is InChI=1S/C13H22N4O2/c1-6-10-16-11(14-5)8(3)12(17-10)15-9(4)13(18)19-7-2/h9H,6-7H2,1-5H3,(H2,14,15,16,17). The number of hydrogen-bond acceptors (Lipinski definition) is 6. The molecule has 0 saturated heterocycles. The fourth-order valence-electron chi connectivity index (χ4n) is 1.64. The van der Waals surface area contributed by atoms with E-state index < -0.39 is 6.04 Å². The van der Waals surface area contributed by atoms with Gasteiger partial charge in [0.1, 0.15) is 23.5 Å². The largest absolute Gasteiger partial charge is 0.464 e. The number of nitrogens with zero attached hydrogens (tertiary/aromatic N) is 2. The zero-order chi connectivity index (χ0) is 14.4. The van der Waals surface area contributed by atoms with Gasteiger partial charge in [0.25, 0.3) is 0 Å². The molecule has 1 aromatic heterocycles. The summed E-state index contributed by atoms with van der Waals surface area (Å²) in [4.78, 5) is 20.4. The summed E-state index contributed by atoms with van der Waals surface area (Å²) >= 11 is 0. The molecule has 1 rings (SSSR count). The van der Waals surface area contributed by atoms with E-state index in [9.17, 15) is 4.79 Å². The first-order valence-corrected chi connectivity index (χ1v) is 6.51. The lowest BCUT2D eigenvalue weighted by atomic mass is 10.2. The van der Waals surface area contributed by atoms with Crippen molar-refractivity contribution in [3.05, 3.63) is 11.4 Å². The van der Waals surface area contributed by atoms with E-state index in [1.165, 1.54) is 0 Å². The molecule has 1 atom stereocenters. The first-order valence-electron chi connectivity index (χ1n) is 6.51. The van der Waals surface area contributed by atoms with E-state index in [4.69, 9.17) is 4.74 Å². The van der Waals surface area contributed by atoms with Crippen LogP contribution in [-0.2, 0) is 16.0 Å². The van der Waals surface area contributed by atoms with Gasteiger partial charge >= 0.3 is 5.97 Å². The second kappa shape index (κ2) is 6.92. The van der Waals surface area contributed by atoms with Crippen LogP contribution in [0.5, 0.6) is 0 Å². The second-order valence-corrected chi connectivity index (χ2v) is 4.18. The maximum atomic E-state index is 11.6. The summed E-state index contributed by atoms with van der Waals surface area (Å²) in [6, 6.07) is -0.442. The van der Waals surface area contributed by atoms with Gasteiger partial charge in [0.2, 0.25) is 0 Å². The topological polar surface area (TPSA) is 76.1 Å². The van der Waals surface area contributed by atoms with E-state index in [1.54, 1.807) is 13.8 Å². The molecule has 19 heavy (non-hydrogen) atoms. The highest BCUT2D eigenvalue weighted by Crippen LogP contribution is 2.20. The lowest BCUT2D eigenvalue weighted by Gasteiger charge is -2.17. The van der Waals surface area contributed by atoms with Crippen LogP contribution in [0, 0.1) is 6.92 Å². The Morgan fingerprint density at radius 3 is 2.47 bits per heavy atom. The molecule has 0 radical (unpaired) electrons. The molecule has 0 aliphatic heterocycles. The molecule has 0 amide bonds. The lowest BCUT2D eigenvalue weighted by Crippen LogP contribution is -2.29. The van der Waals surface area contributed by atoms with E-state index >= 15 is 0 Å². The number of hydrogen-bond donors (Lipinski definition) is 2. The highest BCUT2D eigenvalue weighted by Gasteiger charge is 2.17. The molecule has 1 aromatic rings. The number of carbonyl (C=O) groups is 1. The van der Waals surface area contributed by atoms with Crippen molar-refractivity contribution in [2.75, 3.05) is 24.3 Å². The monoisotopic (exact) mass is 266 g/mol. The smallest absolute Gasteiger partial charge is 0.328 e. The summed E-state index contributed by atoms with van der Waals surface area (Å²) in [6.07, 6.45) is 0.734. The first-order chi connectivity index (χ1) is 9.03. The average molecular weight is 266 g/mol. The third kappa shape index (κ3) is 3.81. The lowest BCUT2D eigenvalue weighted by molar-refractivity contribution is -0.143. The molecular formula is C13H22N4O2. The van der Waals surface area contributed by atoms with Crippen LogP contribution in [-0.4, -0.2) is 35.6 Å². The van der Waals surface area contributed by atoms with Gasteiger partial charge in [0.05, 0.1) is 6.61 Å². The summed E-state index contributed by atoms with van der Waals surface area (Å²) in [5, 5.41) is 6.11. The Morgan fingerprint density at radius 2 is 1.95 bits per heavy atom. The van der Waals surface area contributed by atoms with Gasteiger partial charge in [-0.1, -0.05) is 6.92 Å². The number of rotatable bonds is 6. The minimum atomic E-state index is -0.442. The van der Waals surface area contributed by atoms with Gasteiger partial charge in [-0.05, 0) is 20.8 Å². The van der Waals surface area contributed by atoms with Crippen LogP contribution in [0.3, 0.4) is 0 Å². The molecule has 2 N–H and O–H groups in total. The van der Waals surface area contributed by atoms with Crippen LogP contribution in [0.4, 0.5) is 11.6 Å². The van der Waals surface area contributed by atoms with Gasteiger partial charge in [-0.15, -0.1) is 0 Å². The van der Waals surface area contributed by atoms with Crippen molar-refractivity contribution in [3.8, 4) is 0 Å². The zero-order valence-corrected chi connectivity index (χ0v) is 12.2. The predicted molar refractivity (Wildman–Crippen MR) is 75.4 cm³/mol. The molecule has 0 bridgehead atoms. The van der Waals surface area contributed by atoms with Crippen LogP contribution in [0.25, 0.3) is 0 Å². The zero-order valence-electron chi connectivity index (χ0n) is 12.2. The summed E-state index contributed by atoms with van der Waals surface area (Å²) < 4.78 is 4.97. The van der Waals surface area contributed by atoms with E-state index in [1.807, 2.05) is 20.9 Å². The van der Waals surface area contributed by atoms with Gasteiger partial charge < -0.3 is 15.4 Å². The van der Waals surface area contributed by atoms with Crippen LogP contribution >= 0.6 is 0 Å². The Balaban J connectivity index is 2.96. The number of ether oxygens (including phenoxy) is 1. The quantitative estimate of drug-likeness (QED) is 0.764. The van der Waals surface area contributed by atoms with Crippen molar-refractivity contribution in [1.82, 2.24) is 9.97 Å². The minimum Gasteiger partial charge on any atom is -0.464 e. The number of aryl methyl sites for hydroxylation is 1. The number of esters is 1. The molecule has 1 heterocycles. The van der Waals surface area contributed by atoms with E-state index in [0.29, 0.717) is 12.4 Å². The maximum Gasteiger partial charge on any atom is 0.328 e. The van der Waals surface area contributed by atoms with Crippen molar-refractivity contribution in [2.45, 2.75) is 40.2 Å². The third-order valence-electron chi connectivity index (χ3n) is 2.74. The fraction of sp³-hybridized carbons (Fsp3) is 0.615. The van der Waals surface area contributed by atoms with Crippen LogP contribution in [0.15, 0.2) is 0 Å². The summed E-state index contributed by atoms with van der Waals surface area (Å²) in [5.41, 5.74) is 0.885. The SMILES string of the molecule is CCOC(=O)C(C)Nc1nc(CC)nc(NC)c1C. The number of carbonyl (C=O) groups excluding carboxylic acids is 1. The van der Waals surface area contributed by atoms with E-state index in [2.05, 4.69) is 20.6 Å². The number of aromatic nitrogens is 2. The van der Waals surface area contributed by atoms with Gasteiger partial charge in [0.15, 0.2) is 0 Å². The molecule has 0 aliphatic carbocycles. The molecule has 0 aromatic carbocycles. The van der Waals surface area contributed by atoms with Crippen molar-refractivity contribution < 1.29 is 9.53 Å². The van der Waals surface area contributed by atoms with Gasteiger partial charge in [0, 0.05) is 19.0 Å². The van der Waals surface area contributed by atoms with E-state index in [0.717, 1.165) is 23.6 Å². The fourth-order valence-corrected chi connectivity index (χ4v) is 1.64. The van der Waals surface area contributed by atoms with Crippen LogP contribution < -0.4 is 10.6 Å². The maximum absolute atomic E-state index is 11.6. The highest BCUT2D eigenvalue weighted by molar-refractivity contribution is 5.79. The Hall–Kier alpha value is -1.85. The molecule has 0 fully saturated rings. The number of nitrogens with one attached hydrogen (secondary N) is 2. The molecule has 6 nitrogen and oxygen atoms in total. The normalized spacial score (nSPS) is 11.8. The third-order valence-corrected chi connectivity index (χ3v) is 2.74. The first kappa shape index (κ1) is 15.2. The molecule has 1 unspecified atom stereocenters. The Kier molecular flexibility index (Phi) is 5.54. The number of anilines is 2. The molecule has 0 spiro atoms. The van der Waals surface area contributed by atoms with Crippen molar-refractivity contribution in [2.24, 2.45) is 0 Å². The van der Waals surface area contributed by atoms with Gasteiger partial charge in [-0.2, -0.15) is 0 Å². The van der Waals surface area contributed by atoms with E-state index in [-0.39, 0.29) is 5.97 Å². The van der Waals surface area contributed by atoms with Crippen molar-refractivity contribution in [1.29, 1.82) is 0 Å². The highest BCUT2D eigenvalue weighted by atomic mass is 16.5. The molecule has 106 valence electrons. The van der Waals surface area contributed by atoms with Crippen molar-refractivity contribution >= 4 is 17.6 Å². The summed E-state index contributed by atoms with van der Waals surface area (Å²) in [5.74, 6) is 1.88. The van der Waals surface area contributed by atoms with Gasteiger partial charge in [-0.3, -0.25) is 0 Å². The summed E-state index contributed by atoms with van der Waals surface area (Å²) in [6.45, 7) is 7.81. The Labute approximate surface area is 114 Å². The molecule has 6 heteroatoms. The molecule has 0 saturated carbocycles. The van der Waals surface area contributed by atoms with Crippen LogP contribution in [0.1, 0.15) is 32.2 Å². The second-order valence-electron chi connectivity index (χ2n) is 4.18. The van der Waals surface area contributed by atoms with Crippen LogP contribution in [0.2, 0.25) is 0 Å². The molecular weight excluding hydrogens is 244 g/mol. The average Bonchev–Trinajstić information content (AvgIpc) is 2.41. The van der Waals surface area contributed by atoms with Crippen molar-refractivity contribution in [3.63, 3.8) is 0 Å². The minimum absolute atomic E-state index is 0.287.